The summed E-state index contributed by atoms with van der Waals surface area (Å²) < 4.78 is 0. The third-order valence-electron chi connectivity index (χ3n) is 2.63. The molecule has 2 heteroatoms. The first kappa shape index (κ1) is 6.20. The van der Waals surface area contributed by atoms with E-state index < -0.39 is 0 Å². The van der Waals surface area contributed by atoms with Crippen molar-refractivity contribution in [3.63, 3.8) is 0 Å². The smallest absolute Gasteiger partial charge is 0.0828 e. The molecule has 1 unspecified atom stereocenters. The van der Waals surface area contributed by atoms with Crippen molar-refractivity contribution in [3.05, 3.63) is 0 Å². The highest BCUT2D eigenvalue weighted by atomic mass is 15.0. The molecule has 2 aliphatic rings. The average Bonchev–Trinajstić information content (AvgIpc) is 2.59. The second-order valence-electron chi connectivity index (χ2n) is 3.30. The zero-order valence-electron chi connectivity index (χ0n) is 6.21. The molecule has 10 heavy (non-hydrogen) atoms. The van der Waals surface area contributed by atoms with Gasteiger partial charge in [0.2, 0.25) is 0 Å². The molecule has 1 heterocycles. The second kappa shape index (κ2) is 2.60. The maximum Gasteiger partial charge on any atom is 0.0828 e. The minimum absolute atomic E-state index is 0.613. The van der Waals surface area contributed by atoms with Crippen LogP contribution in [0.4, 0.5) is 0 Å². The quantitative estimate of drug-likeness (QED) is 0.578. The second-order valence-corrected chi connectivity index (χ2v) is 3.30. The monoisotopic (exact) mass is 138 g/mol. The number of nitrogens with one attached hydrogen (secondary N) is 1. The van der Waals surface area contributed by atoms with Crippen molar-refractivity contribution in [3.8, 4) is 0 Å². The Morgan fingerprint density at radius 1 is 1.30 bits per heavy atom. The molecule has 0 radical (unpaired) electrons. The number of aliphatic imine (C=N–C) groups is 1. The normalized spacial score (nSPS) is 33.0. The molecular formula is C8H14N2. The van der Waals surface area contributed by atoms with Gasteiger partial charge in [-0.3, -0.25) is 4.99 Å². The summed E-state index contributed by atoms with van der Waals surface area (Å²) in [5, 5.41) is 3.16. The number of rotatable bonds is 1. The molecule has 0 bridgehead atoms. The van der Waals surface area contributed by atoms with Crippen molar-refractivity contribution in [2.24, 2.45) is 10.9 Å². The SMILES string of the molecule is C1=NC(C2CCCC2)CN1. The van der Waals surface area contributed by atoms with Gasteiger partial charge in [0.05, 0.1) is 12.4 Å². The Hall–Kier alpha value is -0.530. The fourth-order valence-corrected chi connectivity index (χ4v) is 2.01. The van der Waals surface area contributed by atoms with Crippen molar-refractivity contribution in [2.75, 3.05) is 6.54 Å². The number of nitrogens with zero attached hydrogens (tertiary/aromatic N) is 1. The van der Waals surface area contributed by atoms with Gasteiger partial charge in [0.1, 0.15) is 0 Å². The summed E-state index contributed by atoms with van der Waals surface area (Å²) >= 11 is 0. The number of hydrogen-bond donors (Lipinski definition) is 1. The van der Waals surface area contributed by atoms with Gasteiger partial charge in [-0.1, -0.05) is 12.8 Å². The molecule has 1 aliphatic carbocycles. The largest absolute Gasteiger partial charge is 0.374 e. The first-order valence-electron chi connectivity index (χ1n) is 4.22. The van der Waals surface area contributed by atoms with E-state index in [0.717, 1.165) is 12.5 Å². The lowest BCUT2D eigenvalue weighted by atomic mass is 9.99. The Kier molecular flexibility index (Phi) is 1.61. The molecule has 0 spiro atoms. The van der Waals surface area contributed by atoms with Crippen LogP contribution < -0.4 is 5.32 Å². The lowest BCUT2D eigenvalue weighted by molar-refractivity contribution is 0.447. The molecular weight excluding hydrogens is 124 g/mol. The molecule has 1 N–H and O–H groups in total. The minimum Gasteiger partial charge on any atom is -0.374 e. The molecule has 1 aliphatic heterocycles. The summed E-state index contributed by atoms with van der Waals surface area (Å²) in [5.74, 6) is 0.895. The van der Waals surface area contributed by atoms with E-state index in [-0.39, 0.29) is 0 Å². The van der Waals surface area contributed by atoms with Gasteiger partial charge < -0.3 is 5.32 Å². The maximum atomic E-state index is 4.38. The molecule has 1 fully saturated rings. The van der Waals surface area contributed by atoms with E-state index in [0.29, 0.717) is 6.04 Å². The van der Waals surface area contributed by atoms with Crippen molar-refractivity contribution in [1.29, 1.82) is 0 Å². The summed E-state index contributed by atoms with van der Waals surface area (Å²) in [7, 11) is 0. The molecule has 1 atom stereocenters. The molecule has 0 amide bonds. The first-order chi connectivity index (χ1) is 4.97. The van der Waals surface area contributed by atoms with Crippen LogP contribution in [-0.2, 0) is 0 Å². The Labute approximate surface area is 61.7 Å². The Bertz CT molecular complexity index is 136. The van der Waals surface area contributed by atoms with Crippen molar-refractivity contribution in [2.45, 2.75) is 31.7 Å². The van der Waals surface area contributed by atoms with E-state index in [1.165, 1.54) is 25.7 Å². The molecule has 1 saturated carbocycles. The molecule has 2 nitrogen and oxygen atoms in total. The third-order valence-corrected chi connectivity index (χ3v) is 2.63. The van der Waals surface area contributed by atoms with Crippen LogP contribution in [0.1, 0.15) is 25.7 Å². The fourth-order valence-electron chi connectivity index (χ4n) is 2.01. The zero-order chi connectivity index (χ0) is 6.81. The van der Waals surface area contributed by atoms with Gasteiger partial charge in [0, 0.05) is 6.54 Å². The van der Waals surface area contributed by atoms with Crippen molar-refractivity contribution in [1.82, 2.24) is 5.32 Å². The highest BCUT2D eigenvalue weighted by molar-refractivity contribution is 5.57. The molecule has 0 aromatic carbocycles. The topological polar surface area (TPSA) is 24.4 Å². The summed E-state index contributed by atoms with van der Waals surface area (Å²) in [6, 6.07) is 0.613. The predicted molar refractivity (Wildman–Crippen MR) is 42.2 cm³/mol. The zero-order valence-corrected chi connectivity index (χ0v) is 6.21. The molecule has 0 saturated heterocycles. The highest BCUT2D eigenvalue weighted by Gasteiger charge is 2.25. The fraction of sp³-hybridized carbons (Fsp3) is 0.875. The van der Waals surface area contributed by atoms with Crippen molar-refractivity contribution < 1.29 is 0 Å². The molecule has 0 aromatic heterocycles. The van der Waals surface area contributed by atoms with E-state index in [9.17, 15) is 0 Å². The summed E-state index contributed by atoms with van der Waals surface area (Å²) in [4.78, 5) is 4.38. The Balaban J connectivity index is 1.91. The first-order valence-corrected chi connectivity index (χ1v) is 4.22. The summed E-state index contributed by atoms with van der Waals surface area (Å²) in [5.41, 5.74) is 0. The van der Waals surface area contributed by atoms with Gasteiger partial charge in [-0.05, 0) is 18.8 Å². The van der Waals surface area contributed by atoms with Crippen LogP contribution in [0.15, 0.2) is 4.99 Å². The van der Waals surface area contributed by atoms with E-state index in [1.807, 2.05) is 6.34 Å². The molecule has 0 aromatic rings. The van der Waals surface area contributed by atoms with Gasteiger partial charge >= 0.3 is 0 Å². The van der Waals surface area contributed by atoms with Crippen molar-refractivity contribution >= 4 is 6.34 Å². The van der Waals surface area contributed by atoms with Crippen LogP contribution >= 0.6 is 0 Å². The predicted octanol–water partition coefficient (Wildman–Crippen LogP) is 1.18. The summed E-state index contributed by atoms with van der Waals surface area (Å²) in [6.45, 7) is 1.09. The van der Waals surface area contributed by atoms with Gasteiger partial charge in [-0.15, -0.1) is 0 Å². The minimum atomic E-state index is 0.613. The van der Waals surface area contributed by atoms with E-state index in [4.69, 9.17) is 0 Å². The van der Waals surface area contributed by atoms with Gasteiger partial charge in [0.25, 0.3) is 0 Å². The highest BCUT2D eigenvalue weighted by Crippen LogP contribution is 2.29. The lowest BCUT2D eigenvalue weighted by Gasteiger charge is -2.13. The Morgan fingerprint density at radius 2 is 2.10 bits per heavy atom. The van der Waals surface area contributed by atoms with Crippen LogP contribution in [0, 0.1) is 5.92 Å². The van der Waals surface area contributed by atoms with Crippen LogP contribution in [0.5, 0.6) is 0 Å². The molecule has 56 valence electrons. The van der Waals surface area contributed by atoms with Crippen LogP contribution in [0.25, 0.3) is 0 Å². The van der Waals surface area contributed by atoms with E-state index in [2.05, 4.69) is 10.3 Å². The van der Waals surface area contributed by atoms with Gasteiger partial charge in [0.15, 0.2) is 0 Å². The standard InChI is InChI=1S/C8H14N2/c1-2-4-7(3-1)8-5-9-6-10-8/h6-8H,1-5H2,(H,9,10). The average molecular weight is 138 g/mol. The van der Waals surface area contributed by atoms with Gasteiger partial charge in [-0.2, -0.15) is 0 Å². The van der Waals surface area contributed by atoms with E-state index >= 15 is 0 Å². The summed E-state index contributed by atoms with van der Waals surface area (Å²) in [6.07, 6.45) is 7.53. The lowest BCUT2D eigenvalue weighted by Crippen LogP contribution is -2.22. The van der Waals surface area contributed by atoms with Crippen LogP contribution in [0.3, 0.4) is 0 Å². The van der Waals surface area contributed by atoms with Gasteiger partial charge in [-0.25, -0.2) is 0 Å². The maximum absolute atomic E-state index is 4.38. The molecule has 2 rings (SSSR count). The third kappa shape index (κ3) is 1.02. The number of hydrogen-bond acceptors (Lipinski definition) is 2. The Morgan fingerprint density at radius 3 is 2.70 bits per heavy atom. The van der Waals surface area contributed by atoms with E-state index in [1.54, 1.807) is 0 Å². The van der Waals surface area contributed by atoms with Crippen LogP contribution in [-0.4, -0.2) is 18.9 Å². The van der Waals surface area contributed by atoms with Crippen LogP contribution in [0.2, 0.25) is 0 Å².